The van der Waals surface area contributed by atoms with Crippen LogP contribution in [0.15, 0.2) is 15.8 Å². The van der Waals surface area contributed by atoms with Crippen molar-refractivity contribution in [3.8, 4) is 12.3 Å². The molecule has 1 fully saturated rings. The number of aromatic nitrogens is 2. The highest BCUT2D eigenvalue weighted by Crippen LogP contribution is 2.30. The minimum absolute atomic E-state index is 0.0786. The van der Waals surface area contributed by atoms with Gasteiger partial charge in [-0.3, -0.25) is 14.3 Å². The summed E-state index contributed by atoms with van der Waals surface area (Å²) in [7, 11) is 3.31. The van der Waals surface area contributed by atoms with E-state index in [4.69, 9.17) is 11.2 Å². The van der Waals surface area contributed by atoms with Crippen LogP contribution in [-0.2, 0) is 4.74 Å². The van der Waals surface area contributed by atoms with Crippen LogP contribution in [0.5, 0.6) is 0 Å². The molecule has 98 valence electrons. The first-order chi connectivity index (χ1) is 8.82. The maximum Gasteiger partial charge on any atom is 0.330 e. The van der Waals surface area contributed by atoms with Crippen molar-refractivity contribution in [3.63, 3.8) is 0 Å². The van der Waals surface area contributed by atoms with E-state index in [0.717, 1.165) is 0 Å². The molecule has 2 heterocycles. The molecule has 1 aromatic rings. The normalized spacial score (nSPS) is 23.2. The fourth-order valence-corrected chi connectivity index (χ4v) is 2.15. The van der Waals surface area contributed by atoms with Gasteiger partial charge in [0.1, 0.15) is 27.5 Å². The molecule has 19 heavy (non-hydrogen) atoms. The average Bonchev–Trinajstić information content (AvgIpc) is 2.78. The van der Waals surface area contributed by atoms with Crippen LogP contribution in [0.25, 0.3) is 0 Å². The van der Waals surface area contributed by atoms with Gasteiger partial charge in [-0.15, -0.1) is 6.42 Å². The van der Waals surface area contributed by atoms with Gasteiger partial charge < -0.3 is 9.84 Å². The smallest absolute Gasteiger partial charge is 0.330 e. The Morgan fingerprint density at radius 2 is 2.21 bits per heavy atom. The van der Waals surface area contributed by atoms with Crippen molar-refractivity contribution >= 4 is 15.7 Å². The van der Waals surface area contributed by atoms with Crippen LogP contribution in [-0.4, -0.2) is 41.9 Å². The van der Waals surface area contributed by atoms with Gasteiger partial charge in [-0.2, -0.15) is 0 Å². The van der Waals surface area contributed by atoms with E-state index in [1.807, 2.05) is 0 Å². The van der Waals surface area contributed by atoms with E-state index in [1.54, 1.807) is 15.7 Å². The molecule has 1 aliphatic rings. The second kappa shape index (κ2) is 4.76. The summed E-state index contributed by atoms with van der Waals surface area (Å²) < 4.78 is 6.92. The van der Waals surface area contributed by atoms with Crippen LogP contribution in [0.1, 0.15) is 24.6 Å². The molecule has 1 aromatic heterocycles. The zero-order valence-corrected chi connectivity index (χ0v) is 10.8. The number of hydrogen-bond donors (Lipinski definition) is 2. The summed E-state index contributed by atoms with van der Waals surface area (Å²) in [5, 5.41) is 8.92. The van der Waals surface area contributed by atoms with Crippen molar-refractivity contribution in [2.24, 2.45) is 0 Å². The third-order valence-electron chi connectivity index (χ3n) is 3.22. The van der Waals surface area contributed by atoms with E-state index in [9.17, 15) is 14.7 Å². The van der Waals surface area contributed by atoms with Crippen LogP contribution in [0.2, 0.25) is 0 Å². The Morgan fingerprint density at radius 3 is 2.74 bits per heavy atom. The lowest BCUT2D eigenvalue weighted by molar-refractivity contribution is -0.0503. The summed E-state index contributed by atoms with van der Waals surface area (Å²) in [6.45, 7) is 0. The predicted molar refractivity (Wildman–Crippen MR) is 74.4 cm³/mol. The van der Waals surface area contributed by atoms with E-state index >= 15 is 0 Å². The second-order valence-electron chi connectivity index (χ2n) is 5.16. The first kappa shape index (κ1) is 13.7. The Hall–Kier alpha value is -1.71. The summed E-state index contributed by atoms with van der Waals surface area (Å²) in [5.74, 6) is 2.22. The van der Waals surface area contributed by atoms with Crippen molar-refractivity contribution < 1.29 is 9.84 Å². The van der Waals surface area contributed by atoms with Gasteiger partial charge >= 0.3 is 5.69 Å². The van der Waals surface area contributed by atoms with Crippen LogP contribution >= 0.6 is 0 Å². The summed E-state index contributed by atoms with van der Waals surface area (Å²) >= 11 is 0. The van der Waals surface area contributed by atoms with Crippen LogP contribution < -0.4 is 11.2 Å². The molecular weight excluding hydrogens is 246 g/mol. The number of rotatable bonds is 2. The molecule has 1 aliphatic heterocycles. The van der Waals surface area contributed by atoms with Crippen molar-refractivity contribution in [2.75, 3.05) is 0 Å². The zero-order valence-electron chi connectivity index (χ0n) is 10.8. The minimum Gasteiger partial charge on any atom is -0.405 e. The maximum absolute atomic E-state index is 11.7. The Labute approximate surface area is 111 Å². The number of terminal acetylenes is 1. The van der Waals surface area contributed by atoms with Gasteiger partial charge in [-0.25, -0.2) is 4.79 Å². The molecule has 0 saturated carbocycles. The number of nitrogens with zero attached hydrogens (tertiary/aromatic N) is 1. The number of aliphatic hydroxyl groups is 1. The minimum atomic E-state index is -0.977. The number of hydrogen-bond acceptors (Lipinski definition) is 4. The standard InChI is InChI=1S/C11H14B2N2O4/c1-2-6-5-15(10(17)14-9(6)16)8-4-3-7(19-8)11(12,13)18/h1,5,7-8,18H,3-4,12-13H2,(H,14,16,17). The zero-order chi connectivity index (χ0) is 14.2. The molecule has 6 nitrogen and oxygen atoms in total. The summed E-state index contributed by atoms with van der Waals surface area (Å²) in [5.41, 5.74) is -1.07. The van der Waals surface area contributed by atoms with E-state index in [1.165, 1.54) is 10.8 Å². The Morgan fingerprint density at radius 1 is 1.53 bits per heavy atom. The molecule has 1 saturated heterocycles. The molecule has 0 aliphatic carbocycles. The van der Waals surface area contributed by atoms with Gasteiger partial charge in [0.2, 0.25) is 0 Å². The van der Waals surface area contributed by atoms with Crippen molar-refractivity contribution in [1.29, 1.82) is 0 Å². The van der Waals surface area contributed by atoms with E-state index < -0.39 is 22.9 Å². The highest BCUT2D eigenvalue weighted by atomic mass is 16.5. The molecule has 2 atom stereocenters. The first-order valence-electron chi connectivity index (χ1n) is 6.03. The SMILES string of the molecule is BC(B)(O)C1CCC(n2cc(C#C)c(=O)[nH]c2=O)O1. The predicted octanol–water partition coefficient (Wildman–Crippen LogP) is -2.89. The number of H-pyrrole nitrogens is 1. The average molecular weight is 260 g/mol. The monoisotopic (exact) mass is 260 g/mol. The molecular formula is C11H14B2N2O4. The summed E-state index contributed by atoms with van der Waals surface area (Å²) in [6, 6.07) is 0. The molecule has 0 aromatic carbocycles. The number of ether oxygens (including phenoxy) is 1. The lowest BCUT2D eigenvalue weighted by Gasteiger charge is -2.26. The lowest BCUT2D eigenvalue weighted by atomic mass is 9.61. The lowest BCUT2D eigenvalue weighted by Crippen LogP contribution is -2.43. The van der Waals surface area contributed by atoms with Gasteiger partial charge in [0.25, 0.3) is 5.56 Å². The molecule has 0 bridgehead atoms. The van der Waals surface area contributed by atoms with Crippen molar-refractivity contribution in [2.45, 2.75) is 30.6 Å². The number of aromatic amines is 1. The Kier molecular flexibility index (Phi) is 3.43. The van der Waals surface area contributed by atoms with E-state index in [-0.39, 0.29) is 11.7 Å². The molecule has 2 N–H and O–H groups in total. The first-order valence-corrected chi connectivity index (χ1v) is 6.03. The third kappa shape index (κ3) is 2.67. The van der Waals surface area contributed by atoms with Gasteiger partial charge in [-0.1, -0.05) is 5.92 Å². The topological polar surface area (TPSA) is 84.3 Å². The second-order valence-corrected chi connectivity index (χ2v) is 5.16. The van der Waals surface area contributed by atoms with Crippen molar-refractivity contribution in [1.82, 2.24) is 9.55 Å². The summed E-state index contributed by atoms with van der Waals surface area (Å²) in [6.07, 6.45) is 6.84. The highest BCUT2D eigenvalue weighted by molar-refractivity contribution is 6.39. The van der Waals surface area contributed by atoms with E-state index in [2.05, 4.69) is 10.9 Å². The molecule has 8 heteroatoms. The highest BCUT2D eigenvalue weighted by Gasteiger charge is 2.36. The van der Waals surface area contributed by atoms with Crippen LogP contribution in [0.3, 0.4) is 0 Å². The quantitative estimate of drug-likeness (QED) is 0.441. The van der Waals surface area contributed by atoms with Gasteiger partial charge in [0.15, 0.2) is 0 Å². The fraction of sp³-hybridized carbons (Fsp3) is 0.455. The van der Waals surface area contributed by atoms with Crippen LogP contribution in [0, 0.1) is 12.3 Å². The molecule has 0 amide bonds. The Bertz CT molecular complexity index is 638. The summed E-state index contributed by atoms with van der Waals surface area (Å²) in [4.78, 5) is 25.3. The van der Waals surface area contributed by atoms with Crippen LogP contribution in [0.4, 0.5) is 0 Å². The Balaban J connectivity index is 2.33. The molecule has 2 rings (SSSR count). The molecule has 0 radical (unpaired) electrons. The molecule has 0 spiro atoms. The van der Waals surface area contributed by atoms with Gasteiger partial charge in [0.05, 0.1) is 6.10 Å². The third-order valence-corrected chi connectivity index (χ3v) is 3.22. The van der Waals surface area contributed by atoms with Gasteiger partial charge in [-0.05, 0) is 12.8 Å². The fourth-order valence-electron chi connectivity index (χ4n) is 2.15. The molecule has 2 unspecified atom stereocenters. The van der Waals surface area contributed by atoms with Crippen molar-refractivity contribution in [3.05, 3.63) is 32.6 Å². The maximum atomic E-state index is 11.7. The largest absolute Gasteiger partial charge is 0.405 e. The van der Waals surface area contributed by atoms with E-state index in [0.29, 0.717) is 12.8 Å². The van der Waals surface area contributed by atoms with Gasteiger partial charge in [0, 0.05) is 11.6 Å². The number of nitrogens with one attached hydrogen (secondary N) is 1.